The lowest BCUT2D eigenvalue weighted by Crippen LogP contribution is -2.40. The second kappa shape index (κ2) is 4.47. The van der Waals surface area contributed by atoms with Crippen LogP contribution in [0.15, 0.2) is 10.9 Å². The maximum absolute atomic E-state index is 12.5. The molecular weight excluding hydrogens is 276 g/mol. The average molecular weight is 290 g/mol. The van der Waals surface area contributed by atoms with E-state index >= 15 is 0 Å². The van der Waals surface area contributed by atoms with Gasteiger partial charge in [-0.3, -0.25) is 9.36 Å². The number of rotatable bonds is 1. The number of aromatic amines is 1. The molecule has 0 unspecified atom stereocenters. The van der Waals surface area contributed by atoms with Gasteiger partial charge in [0.25, 0.3) is 5.91 Å². The van der Waals surface area contributed by atoms with Crippen LogP contribution in [0, 0.1) is 0 Å². The zero-order valence-corrected chi connectivity index (χ0v) is 11.3. The molecule has 0 spiro atoms. The first-order chi connectivity index (χ1) is 10.2. The third kappa shape index (κ3) is 1.92. The van der Waals surface area contributed by atoms with Crippen LogP contribution in [0.5, 0.6) is 5.88 Å². The van der Waals surface area contributed by atoms with Gasteiger partial charge in [0.05, 0.1) is 13.2 Å². The predicted octanol–water partition coefficient (Wildman–Crippen LogP) is -0.794. The van der Waals surface area contributed by atoms with Crippen LogP contribution in [0.4, 0.5) is 0 Å². The summed E-state index contributed by atoms with van der Waals surface area (Å²) in [6.45, 7) is 2.64. The number of hydrogen-bond acceptors (Lipinski definition) is 5. The summed E-state index contributed by atoms with van der Waals surface area (Å²) < 4.78 is 8.73. The number of nitrogens with zero attached hydrogens (tertiary/aromatic N) is 5. The minimum Gasteiger partial charge on any atom is -0.478 e. The Hall–Kier alpha value is -2.58. The Morgan fingerprint density at radius 1 is 1.33 bits per heavy atom. The first-order valence-electron chi connectivity index (χ1n) is 6.86. The third-order valence-corrected chi connectivity index (χ3v) is 3.78. The first-order valence-corrected chi connectivity index (χ1v) is 6.86. The van der Waals surface area contributed by atoms with E-state index in [0.717, 1.165) is 13.0 Å². The van der Waals surface area contributed by atoms with Gasteiger partial charge in [0.1, 0.15) is 0 Å². The van der Waals surface area contributed by atoms with Crippen molar-refractivity contribution in [2.24, 2.45) is 0 Å². The van der Waals surface area contributed by atoms with Gasteiger partial charge in [0.2, 0.25) is 5.88 Å². The van der Waals surface area contributed by atoms with E-state index in [9.17, 15) is 9.59 Å². The number of hydrogen-bond donors (Lipinski definition) is 1. The van der Waals surface area contributed by atoms with Crippen LogP contribution in [-0.4, -0.2) is 48.5 Å². The molecule has 0 bridgehead atoms. The number of amides is 1. The number of ether oxygens (including phenoxy) is 1. The summed E-state index contributed by atoms with van der Waals surface area (Å²) in [6, 6.07) is 1.67. The topological polar surface area (TPSA) is 98.0 Å². The number of H-pyrrole nitrogens is 1. The third-order valence-electron chi connectivity index (χ3n) is 3.78. The molecule has 0 aromatic carbocycles. The van der Waals surface area contributed by atoms with Crippen molar-refractivity contribution >= 4 is 5.91 Å². The van der Waals surface area contributed by atoms with Crippen molar-refractivity contribution in [1.29, 1.82) is 0 Å². The number of carbonyl (C=O) groups excluding carboxylic acids is 1. The van der Waals surface area contributed by atoms with Crippen LogP contribution in [0.1, 0.15) is 22.7 Å². The molecule has 110 valence electrons. The van der Waals surface area contributed by atoms with Crippen molar-refractivity contribution in [2.45, 2.75) is 26.1 Å². The molecule has 0 saturated carbocycles. The van der Waals surface area contributed by atoms with Crippen molar-refractivity contribution in [3.8, 4) is 5.88 Å². The Morgan fingerprint density at radius 2 is 2.24 bits per heavy atom. The molecule has 21 heavy (non-hydrogen) atoms. The Kier molecular flexibility index (Phi) is 2.59. The number of fused-ring (bicyclic) bond motifs is 2. The second-order valence-electron chi connectivity index (χ2n) is 5.12. The smallest absolute Gasteiger partial charge is 0.343 e. The van der Waals surface area contributed by atoms with Gasteiger partial charge in [0.15, 0.2) is 11.5 Å². The lowest BCUT2D eigenvalue weighted by molar-refractivity contribution is 0.0699. The molecule has 0 aliphatic carbocycles. The molecule has 0 fully saturated rings. The van der Waals surface area contributed by atoms with Gasteiger partial charge >= 0.3 is 5.69 Å². The molecule has 1 amide bonds. The van der Waals surface area contributed by atoms with Gasteiger partial charge in [-0.2, -0.15) is 10.2 Å². The van der Waals surface area contributed by atoms with Gasteiger partial charge < -0.3 is 9.64 Å². The molecule has 2 aromatic rings. The normalized spacial score (nSPS) is 17.0. The van der Waals surface area contributed by atoms with E-state index in [0.29, 0.717) is 43.6 Å². The quantitative estimate of drug-likeness (QED) is 0.742. The number of nitrogens with one attached hydrogen (secondary N) is 1. The van der Waals surface area contributed by atoms with Crippen LogP contribution in [0.3, 0.4) is 0 Å². The summed E-state index contributed by atoms with van der Waals surface area (Å²) in [4.78, 5) is 25.6. The lowest BCUT2D eigenvalue weighted by atomic mass is 10.3. The Bertz CT molecular complexity index is 734. The average Bonchev–Trinajstić information content (AvgIpc) is 3.10. The molecule has 2 aliphatic rings. The van der Waals surface area contributed by atoms with Crippen LogP contribution >= 0.6 is 0 Å². The predicted molar refractivity (Wildman–Crippen MR) is 69.9 cm³/mol. The standard InChI is InChI=1S/C12H14N6O3/c19-11(8-6-10-18(15-8)2-1-5-21-10)16-3-4-17-9(7-16)13-14-12(17)20/h6H,1-5,7H2,(H,14,20). The van der Waals surface area contributed by atoms with E-state index in [1.165, 1.54) is 0 Å². The summed E-state index contributed by atoms with van der Waals surface area (Å²) in [5.41, 5.74) is 0.140. The van der Waals surface area contributed by atoms with Crippen molar-refractivity contribution in [1.82, 2.24) is 29.4 Å². The highest BCUT2D eigenvalue weighted by Crippen LogP contribution is 2.20. The first kappa shape index (κ1) is 12.2. The van der Waals surface area contributed by atoms with Gasteiger partial charge in [-0.15, -0.1) is 0 Å². The molecule has 4 heterocycles. The lowest BCUT2D eigenvalue weighted by Gasteiger charge is -2.25. The van der Waals surface area contributed by atoms with Crippen LogP contribution in [0.2, 0.25) is 0 Å². The molecule has 2 aliphatic heterocycles. The summed E-state index contributed by atoms with van der Waals surface area (Å²) in [5.74, 6) is 1.04. The number of aromatic nitrogens is 5. The van der Waals surface area contributed by atoms with E-state index < -0.39 is 0 Å². The second-order valence-corrected chi connectivity index (χ2v) is 5.12. The zero-order chi connectivity index (χ0) is 14.4. The van der Waals surface area contributed by atoms with Crippen molar-refractivity contribution < 1.29 is 9.53 Å². The monoisotopic (exact) mass is 290 g/mol. The molecule has 9 heteroatoms. The summed E-state index contributed by atoms with van der Waals surface area (Å²) in [6.07, 6.45) is 0.894. The van der Waals surface area contributed by atoms with Gasteiger partial charge in [-0.25, -0.2) is 14.6 Å². The Labute approximate surface area is 119 Å². The number of aryl methyl sites for hydroxylation is 1. The molecule has 9 nitrogen and oxygen atoms in total. The van der Waals surface area contributed by atoms with Crippen molar-refractivity contribution in [3.63, 3.8) is 0 Å². The zero-order valence-electron chi connectivity index (χ0n) is 11.3. The molecular formula is C12H14N6O3. The molecule has 1 N–H and O–H groups in total. The highest BCUT2D eigenvalue weighted by atomic mass is 16.5. The van der Waals surface area contributed by atoms with Crippen molar-refractivity contribution in [3.05, 3.63) is 28.1 Å². The fourth-order valence-corrected chi connectivity index (χ4v) is 2.68. The molecule has 0 atom stereocenters. The van der Waals surface area contributed by atoms with E-state index in [1.54, 1.807) is 20.2 Å². The van der Waals surface area contributed by atoms with Crippen LogP contribution in [-0.2, 0) is 19.6 Å². The molecule has 0 saturated heterocycles. The summed E-state index contributed by atoms with van der Waals surface area (Å²) >= 11 is 0. The molecule has 0 radical (unpaired) electrons. The minimum absolute atomic E-state index is 0.165. The van der Waals surface area contributed by atoms with E-state index in [1.807, 2.05) is 0 Å². The van der Waals surface area contributed by atoms with Crippen molar-refractivity contribution in [2.75, 3.05) is 13.2 Å². The SMILES string of the molecule is O=C(c1cc2n(n1)CCCO2)N1CCn2c(n[nH]c2=O)C1. The molecule has 2 aromatic heterocycles. The van der Waals surface area contributed by atoms with Crippen LogP contribution < -0.4 is 10.4 Å². The van der Waals surface area contributed by atoms with Gasteiger partial charge in [0, 0.05) is 32.1 Å². The van der Waals surface area contributed by atoms with E-state index in [-0.39, 0.29) is 11.6 Å². The van der Waals surface area contributed by atoms with E-state index in [2.05, 4.69) is 15.3 Å². The minimum atomic E-state index is -0.233. The van der Waals surface area contributed by atoms with Gasteiger partial charge in [-0.1, -0.05) is 0 Å². The maximum Gasteiger partial charge on any atom is 0.343 e. The highest BCUT2D eigenvalue weighted by Gasteiger charge is 2.27. The summed E-state index contributed by atoms with van der Waals surface area (Å²) in [7, 11) is 0. The molecule has 4 rings (SSSR count). The fourth-order valence-electron chi connectivity index (χ4n) is 2.68. The fraction of sp³-hybridized carbons (Fsp3) is 0.500. The van der Waals surface area contributed by atoms with Crippen LogP contribution in [0.25, 0.3) is 0 Å². The maximum atomic E-state index is 12.5. The summed E-state index contributed by atoms with van der Waals surface area (Å²) in [5, 5.41) is 10.6. The Morgan fingerprint density at radius 3 is 3.10 bits per heavy atom. The van der Waals surface area contributed by atoms with E-state index in [4.69, 9.17) is 4.74 Å². The van der Waals surface area contributed by atoms with Gasteiger partial charge in [-0.05, 0) is 0 Å². The Balaban J connectivity index is 1.58. The number of carbonyl (C=O) groups is 1. The highest BCUT2D eigenvalue weighted by molar-refractivity contribution is 5.92. The largest absolute Gasteiger partial charge is 0.478 e.